The molecule has 0 saturated heterocycles. The van der Waals surface area contributed by atoms with Crippen LogP contribution in [0.2, 0.25) is 0 Å². The van der Waals surface area contributed by atoms with E-state index in [1.165, 1.54) is 13.2 Å². The highest BCUT2D eigenvalue weighted by atomic mass is 32.2. The predicted molar refractivity (Wildman–Crippen MR) is 79.0 cm³/mol. The lowest BCUT2D eigenvalue weighted by Gasteiger charge is -2.17. The molecule has 116 valence electrons. The fraction of sp³-hybridized carbons (Fsp3) is 0.357. The van der Waals surface area contributed by atoms with E-state index in [0.29, 0.717) is 16.9 Å². The fourth-order valence-corrected chi connectivity index (χ4v) is 3.72. The third-order valence-corrected chi connectivity index (χ3v) is 4.71. The first-order chi connectivity index (χ1) is 9.72. The number of carbonyl (C=O) groups is 1. The molecule has 0 fully saturated rings. The van der Waals surface area contributed by atoms with E-state index in [0.717, 1.165) is 0 Å². The molecule has 0 amide bonds. The molecule has 1 atom stereocenters. The Morgan fingerprint density at radius 1 is 1.43 bits per heavy atom. The maximum atomic E-state index is 12.4. The second-order valence-corrected chi connectivity index (χ2v) is 6.28. The largest absolute Gasteiger partial charge is 0.497 e. The molecule has 0 heterocycles. The number of nitrogens with one attached hydrogen (secondary N) is 1. The summed E-state index contributed by atoms with van der Waals surface area (Å²) in [5.41, 5.74) is 0.976. The van der Waals surface area contributed by atoms with Crippen molar-refractivity contribution in [2.75, 3.05) is 7.11 Å². The molecule has 0 aliphatic rings. The smallest absolute Gasteiger partial charge is 0.322 e. The SMILES string of the molecule is C=CCC(NS(=O)(=O)c1c(C)cc(OC)cc1C)C(=O)O. The monoisotopic (exact) mass is 313 g/mol. The lowest BCUT2D eigenvalue weighted by Crippen LogP contribution is -2.40. The Labute approximate surface area is 124 Å². The highest BCUT2D eigenvalue weighted by molar-refractivity contribution is 7.89. The summed E-state index contributed by atoms with van der Waals surface area (Å²) in [6.07, 6.45) is 1.36. The van der Waals surface area contributed by atoms with Crippen LogP contribution in [0.3, 0.4) is 0 Å². The van der Waals surface area contributed by atoms with E-state index in [-0.39, 0.29) is 11.3 Å². The van der Waals surface area contributed by atoms with Crippen LogP contribution in [0.15, 0.2) is 29.7 Å². The van der Waals surface area contributed by atoms with Gasteiger partial charge in [0.2, 0.25) is 10.0 Å². The number of rotatable bonds is 7. The average Bonchev–Trinajstić information content (AvgIpc) is 2.36. The van der Waals surface area contributed by atoms with E-state index in [1.807, 2.05) is 0 Å². The topological polar surface area (TPSA) is 92.7 Å². The van der Waals surface area contributed by atoms with Crippen molar-refractivity contribution >= 4 is 16.0 Å². The molecule has 7 heteroatoms. The van der Waals surface area contributed by atoms with Crippen LogP contribution in [0.1, 0.15) is 17.5 Å². The van der Waals surface area contributed by atoms with Crippen LogP contribution in [0.4, 0.5) is 0 Å². The molecule has 1 rings (SSSR count). The zero-order valence-electron chi connectivity index (χ0n) is 12.2. The van der Waals surface area contributed by atoms with Gasteiger partial charge in [-0.15, -0.1) is 6.58 Å². The minimum Gasteiger partial charge on any atom is -0.497 e. The van der Waals surface area contributed by atoms with E-state index in [1.54, 1.807) is 26.0 Å². The number of carboxylic acid groups (broad SMARTS) is 1. The van der Waals surface area contributed by atoms with Crippen LogP contribution in [-0.2, 0) is 14.8 Å². The van der Waals surface area contributed by atoms with Crippen molar-refractivity contribution in [3.63, 3.8) is 0 Å². The Morgan fingerprint density at radius 2 is 1.95 bits per heavy atom. The number of carboxylic acids is 1. The van der Waals surface area contributed by atoms with Gasteiger partial charge in [0.15, 0.2) is 0 Å². The summed E-state index contributed by atoms with van der Waals surface area (Å²) >= 11 is 0. The summed E-state index contributed by atoms with van der Waals surface area (Å²) in [5, 5.41) is 9.04. The van der Waals surface area contributed by atoms with Crippen molar-refractivity contribution in [3.8, 4) is 5.75 Å². The summed E-state index contributed by atoms with van der Waals surface area (Å²) in [7, 11) is -2.46. The van der Waals surface area contributed by atoms with E-state index in [4.69, 9.17) is 9.84 Å². The molecule has 1 aromatic rings. The first-order valence-corrected chi connectivity index (χ1v) is 7.72. The number of sulfonamides is 1. The molecule has 0 radical (unpaired) electrons. The maximum Gasteiger partial charge on any atom is 0.322 e. The molecule has 0 aliphatic carbocycles. The molecule has 0 saturated carbocycles. The standard InChI is InChI=1S/C14H19NO5S/c1-5-6-12(14(16)17)15-21(18,19)13-9(2)7-11(20-4)8-10(13)3/h5,7-8,12,15H,1,6H2,2-4H3,(H,16,17). The molecule has 0 spiro atoms. The minimum absolute atomic E-state index is 0.00279. The molecule has 21 heavy (non-hydrogen) atoms. The molecule has 0 bridgehead atoms. The van der Waals surface area contributed by atoms with Gasteiger partial charge in [-0.25, -0.2) is 8.42 Å². The van der Waals surface area contributed by atoms with E-state index in [9.17, 15) is 13.2 Å². The molecular weight excluding hydrogens is 294 g/mol. The summed E-state index contributed by atoms with van der Waals surface area (Å²) < 4.78 is 32.1. The second-order valence-electron chi connectivity index (χ2n) is 4.63. The van der Waals surface area contributed by atoms with Gasteiger partial charge in [-0.1, -0.05) is 6.08 Å². The Balaban J connectivity index is 3.25. The van der Waals surface area contributed by atoms with Crippen LogP contribution in [0.25, 0.3) is 0 Å². The van der Waals surface area contributed by atoms with Gasteiger partial charge in [-0.05, 0) is 43.5 Å². The van der Waals surface area contributed by atoms with Gasteiger partial charge in [-0.2, -0.15) is 4.72 Å². The number of aryl methyl sites for hydroxylation is 2. The van der Waals surface area contributed by atoms with Crippen LogP contribution < -0.4 is 9.46 Å². The molecule has 2 N–H and O–H groups in total. The summed E-state index contributed by atoms with van der Waals surface area (Å²) in [5.74, 6) is -0.702. The van der Waals surface area contributed by atoms with Crippen molar-refractivity contribution in [3.05, 3.63) is 35.9 Å². The van der Waals surface area contributed by atoms with Gasteiger partial charge in [0, 0.05) is 0 Å². The summed E-state index contributed by atoms with van der Waals surface area (Å²) in [4.78, 5) is 11.1. The van der Waals surface area contributed by atoms with Crippen LogP contribution in [-0.4, -0.2) is 32.6 Å². The van der Waals surface area contributed by atoms with E-state index in [2.05, 4.69) is 11.3 Å². The number of methoxy groups -OCH3 is 1. The third-order valence-electron chi connectivity index (χ3n) is 2.94. The quantitative estimate of drug-likeness (QED) is 0.746. The average molecular weight is 313 g/mol. The molecule has 1 aromatic carbocycles. The first kappa shape index (κ1) is 17.2. The van der Waals surface area contributed by atoms with E-state index < -0.39 is 22.0 Å². The lowest BCUT2D eigenvalue weighted by atomic mass is 10.1. The van der Waals surface area contributed by atoms with Crippen molar-refractivity contribution in [1.82, 2.24) is 4.72 Å². The Hall–Kier alpha value is -1.86. The number of aliphatic carboxylic acids is 1. The minimum atomic E-state index is -3.95. The number of hydrogen-bond acceptors (Lipinski definition) is 4. The van der Waals surface area contributed by atoms with Crippen molar-refractivity contribution < 1.29 is 23.1 Å². The fourth-order valence-electron chi connectivity index (χ4n) is 2.06. The van der Waals surface area contributed by atoms with Gasteiger partial charge in [0.1, 0.15) is 11.8 Å². The zero-order valence-corrected chi connectivity index (χ0v) is 13.0. The highest BCUT2D eigenvalue weighted by Crippen LogP contribution is 2.25. The van der Waals surface area contributed by atoms with Crippen LogP contribution >= 0.6 is 0 Å². The molecule has 1 unspecified atom stereocenters. The van der Waals surface area contributed by atoms with Gasteiger partial charge >= 0.3 is 5.97 Å². The molecule has 0 aromatic heterocycles. The predicted octanol–water partition coefficient (Wildman–Crippen LogP) is 1.62. The summed E-state index contributed by atoms with van der Waals surface area (Å²) in [6.45, 7) is 6.69. The first-order valence-electron chi connectivity index (χ1n) is 6.24. The van der Waals surface area contributed by atoms with Crippen molar-refractivity contribution in [2.45, 2.75) is 31.2 Å². The third kappa shape index (κ3) is 4.05. The lowest BCUT2D eigenvalue weighted by molar-refractivity contribution is -0.138. The normalized spacial score (nSPS) is 12.7. The Kier molecular flexibility index (Phi) is 5.51. The van der Waals surface area contributed by atoms with Crippen molar-refractivity contribution in [2.24, 2.45) is 0 Å². The van der Waals surface area contributed by atoms with Gasteiger partial charge < -0.3 is 9.84 Å². The zero-order chi connectivity index (χ0) is 16.2. The molecular formula is C14H19NO5S. The Morgan fingerprint density at radius 3 is 2.33 bits per heavy atom. The highest BCUT2D eigenvalue weighted by Gasteiger charge is 2.27. The second kappa shape index (κ2) is 6.73. The number of benzene rings is 1. The molecule has 6 nitrogen and oxygen atoms in total. The van der Waals surface area contributed by atoms with Gasteiger partial charge in [-0.3, -0.25) is 4.79 Å². The number of hydrogen-bond donors (Lipinski definition) is 2. The molecule has 0 aliphatic heterocycles. The Bertz CT molecular complexity index is 628. The van der Waals surface area contributed by atoms with Crippen LogP contribution in [0.5, 0.6) is 5.75 Å². The van der Waals surface area contributed by atoms with E-state index >= 15 is 0 Å². The van der Waals surface area contributed by atoms with Crippen molar-refractivity contribution in [1.29, 1.82) is 0 Å². The summed E-state index contributed by atoms with van der Waals surface area (Å²) in [6, 6.07) is 1.93. The maximum absolute atomic E-state index is 12.4. The van der Waals surface area contributed by atoms with Crippen LogP contribution in [0, 0.1) is 13.8 Å². The van der Waals surface area contributed by atoms with Gasteiger partial charge in [0.05, 0.1) is 12.0 Å². The number of ether oxygens (including phenoxy) is 1. The van der Waals surface area contributed by atoms with Gasteiger partial charge in [0.25, 0.3) is 0 Å².